The summed E-state index contributed by atoms with van der Waals surface area (Å²) >= 11 is 3.15. The van der Waals surface area contributed by atoms with E-state index in [0.717, 1.165) is 0 Å². The molecule has 0 saturated heterocycles. The molecule has 2 aromatic heterocycles. The van der Waals surface area contributed by atoms with Gasteiger partial charge in [0.1, 0.15) is 5.76 Å². The van der Waals surface area contributed by atoms with E-state index in [1.54, 1.807) is 24.3 Å². The number of hydrogen-bond donors (Lipinski definition) is 0. The number of amides is 1. The van der Waals surface area contributed by atoms with Crippen LogP contribution in [0.1, 0.15) is 22.7 Å². The number of methoxy groups -OCH3 is 1. The summed E-state index contributed by atoms with van der Waals surface area (Å²) in [7, 11) is 1.31. The molecule has 0 saturated carbocycles. The van der Waals surface area contributed by atoms with Crippen molar-refractivity contribution >= 4 is 27.8 Å². The lowest BCUT2D eigenvalue weighted by Gasteiger charge is -2.19. The Balaban J connectivity index is 2.10. The maximum atomic E-state index is 12.4. The molecule has 0 aliphatic heterocycles. The van der Waals surface area contributed by atoms with E-state index >= 15 is 0 Å². The van der Waals surface area contributed by atoms with Crippen molar-refractivity contribution in [2.45, 2.75) is 13.0 Å². The second-order valence-electron chi connectivity index (χ2n) is 4.24. The average Bonchev–Trinajstić information content (AvgIpc) is 3.13. The van der Waals surface area contributed by atoms with Crippen LogP contribution in [0.25, 0.3) is 0 Å². The quantitative estimate of drug-likeness (QED) is 0.745. The summed E-state index contributed by atoms with van der Waals surface area (Å²) < 4.78 is 15.6. The fraction of sp³-hybridized carbons (Fsp3) is 0.286. The number of ether oxygens (including phenoxy) is 1. The predicted molar refractivity (Wildman–Crippen MR) is 76.5 cm³/mol. The number of rotatable bonds is 6. The summed E-state index contributed by atoms with van der Waals surface area (Å²) in [5.74, 6) is 0.117. The molecule has 0 radical (unpaired) electrons. The zero-order chi connectivity index (χ0) is 15.2. The highest BCUT2D eigenvalue weighted by Gasteiger charge is 2.21. The van der Waals surface area contributed by atoms with Crippen LogP contribution in [0.2, 0.25) is 0 Å². The molecule has 0 spiro atoms. The largest absolute Gasteiger partial charge is 0.469 e. The van der Waals surface area contributed by atoms with Gasteiger partial charge in [-0.25, -0.2) is 0 Å². The first-order valence-corrected chi connectivity index (χ1v) is 7.03. The van der Waals surface area contributed by atoms with Crippen LogP contribution in [0, 0.1) is 0 Å². The summed E-state index contributed by atoms with van der Waals surface area (Å²) in [4.78, 5) is 25.1. The van der Waals surface area contributed by atoms with Crippen LogP contribution >= 0.6 is 15.9 Å². The molecule has 112 valence electrons. The fourth-order valence-corrected chi connectivity index (χ4v) is 2.06. The van der Waals surface area contributed by atoms with Crippen molar-refractivity contribution in [3.63, 3.8) is 0 Å². The third-order valence-corrected chi connectivity index (χ3v) is 3.24. The number of hydrogen-bond acceptors (Lipinski definition) is 5. The van der Waals surface area contributed by atoms with Crippen molar-refractivity contribution in [3.8, 4) is 0 Å². The molecule has 21 heavy (non-hydrogen) atoms. The number of furan rings is 2. The average molecular weight is 356 g/mol. The number of carbonyl (C=O) groups is 2. The minimum absolute atomic E-state index is 0.102. The normalized spacial score (nSPS) is 10.4. The zero-order valence-corrected chi connectivity index (χ0v) is 13.0. The fourth-order valence-electron chi connectivity index (χ4n) is 1.76. The Morgan fingerprint density at radius 1 is 1.33 bits per heavy atom. The first-order chi connectivity index (χ1) is 10.1. The number of esters is 1. The van der Waals surface area contributed by atoms with Crippen molar-refractivity contribution in [3.05, 3.63) is 46.7 Å². The Morgan fingerprint density at radius 2 is 2.14 bits per heavy atom. The molecular formula is C14H14BrNO5. The van der Waals surface area contributed by atoms with Crippen LogP contribution in [0.5, 0.6) is 0 Å². The van der Waals surface area contributed by atoms with Gasteiger partial charge in [-0.2, -0.15) is 0 Å². The second kappa shape index (κ2) is 7.12. The minimum Gasteiger partial charge on any atom is -0.469 e. The third-order valence-electron chi connectivity index (χ3n) is 2.81. The third kappa shape index (κ3) is 4.22. The van der Waals surface area contributed by atoms with E-state index in [2.05, 4.69) is 20.7 Å². The van der Waals surface area contributed by atoms with Gasteiger partial charge in [0, 0.05) is 6.54 Å². The molecule has 2 aromatic rings. The molecule has 0 fully saturated rings. The standard InChI is InChI=1S/C14H14BrNO5/c1-19-13(17)6-7-16(9-10-3-2-8-20-10)14(18)11-4-5-12(15)21-11/h2-5,8H,6-7,9H2,1H3. The van der Waals surface area contributed by atoms with Crippen LogP contribution in [0.15, 0.2) is 44.0 Å². The van der Waals surface area contributed by atoms with Crippen molar-refractivity contribution in [2.75, 3.05) is 13.7 Å². The predicted octanol–water partition coefficient (Wildman–Crippen LogP) is 2.84. The molecule has 0 N–H and O–H groups in total. The molecule has 0 aliphatic rings. The minimum atomic E-state index is -0.382. The molecule has 0 unspecified atom stereocenters. The van der Waals surface area contributed by atoms with Gasteiger partial charge < -0.3 is 18.5 Å². The van der Waals surface area contributed by atoms with Gasteiger partial charge in [-0.05, 0) is 40.2 Å². The van der Waals surface area contributed by atoms with E-state index in [1.807, 2.05) is 0 Å². The molecule has 6 nitrogen and oxygen atoms in total. The molecule has 0 bridgehead atoms. The van der Waals surface area contributed by atoms with Crippen LogP contribution in [-0.4, -0.2) is 30.4 Å². The molecule has 2 heterocycles. The van der Waals surface area contributed by atoms with E-state index in [-0.39, 0.29) is 37.1 Å². The van der Waals surface area contributed by atoms with Gasteiger partial charge in [0.15, 0.2) is 10.4 Å². The highest BCUT2D eigenvalue weighted by Crippen LogP contribution is 2.17. The Kier molecular flexibility index (Phi) is 5.21. The monoisotopic (exact) mass is 355 g/mol. The molecule has 0 aromatic carbocycles. The molecule has 7 heteroatoms. The van der Waals surface area contributed by atoms with E-state index in [9.17, 15) is 9.59 Å². The van der Waals surface area contributed by atoms with Gasteiger partial charge in [0.2, 0.25) is 0 Å². The molecule has 0 atom stereocenters. The molecular weight excluding hydrogens is 342 g/mol. The van der Waals surface area contributed by atoms with Crippen molar-refractivity contribution < 1.29 is 23.2 Å². The van der Waals surface area contributed by atoms with Gasteiger partial charge in [0.05, 0.1) is 26.3 Å². The van der Waals surface area contributed by atoms with Crippen molar-refractivity contribution in [1.29, 1.82) is 0 Å². The lowest BCUT2D eigenvalue weighted by molar-refractivity contribution is -0.140. The first kappa shape index (κ1) is 15.4. The van der Waals surface area contributed by atoms with Gasteiger partial charge in [0.25, 0.3) is 5.91 Å². The maximum absolute atomic E-state index is 12.4. The lowest BCUT2D eigenvalue weighted by Crippen LogP contribution is -2.32. The Labute approximate surface area is 129 Å². The van der Waals surface area contributed by atoms with Crippen LogP contribution in [0.3, 0.4) is 0 Å². The van der Waals surface area contributed by atoms with E-state index in [1.165, 1.54) is 18.3 Å². The number of halogens is 1. The van der Waals surface area contributed by atoms with Crippen molar-refractivity contribution in [2.24, 2.45) is 0 Å². The Hall–Kier alpha value is -2.02. The topological polar surface area (TPSA) is 72.9 Å². The van der Waals surface area contributed by atoms with Crippen molar-refractivity contribution in [1.82, 2.24) is 4.90 Å². The maximum Gasteiger partial charge on any atom is 0.307 e. The van der Waals surface area contributed by atoms with Gasteiger partial charge in [-0.1, -0.05) is 0 Å². The molecule has 2 rings (SSSR count). The van der Waals surface area contributed by atoms with Gasteiger partial charge >= 0.3 is 5.97 Å². The summed E-state index contributed by atoms with van der Waals surface area (Å²) in [5, 5.41) is 0. The first-order valence-electron chi connectivity index (χ1n) is 6.24. The van der Waals surface area contributed by atoms with Crippen LogP contribution < -0.4 is 0 Å². The van der Waals surface area contributed by atoms with E-state index < -0.39 is 0 Å². The van der Waals surface area contributed by atoms with E-state index in [0.29, 0.717) is 10.4 Å². The summed E-state index contributed by atoms with van der Waals surface area (Å²) in [6.45, 7) is 0.464. The second-order valence-corrected chi connectivity index (χ2v) is 5.02. The summed E-state index contributed by atoms with van der Waals surface area (Å²) in [6.07, 6.45) is 1.63. The lowest BCUT2D eigenvalue weighted by atomic mass is 10.3. The van der Waals surface area contributed by atoms with E-state index in [4.69, 9.17) is 8.83 Å². The SMILES string of the molecule is COC(=O)CCN(Cc1ccco1)C(=O)c1ccc(Br)o1. The highest BCUT2D eigenvalue weighted by atomic mass is 79.9. The Bertz CT molecular complexity index is 605. The zero-order valence-electron chi connectivity index (χ0n) is 11.4. The van der Waals surface area contributed by atoms with Crippen LogP contribution in [0.4, 0.5) is 0 Å². The number of carbonyl (C=O) groups excluding carboxylic acids is 2. The molecule has 1 amide bonds. The highest BCUT2D eigenvalue weighted by molar-refractivity contribution is 9.10. The summed E-state index contributed by atoms with van der Waals surface area (Å²) in [5.41, 5.74) is 0. The molecule has 0 aliphatic carbocycles. The van der Waals surface area contributed by atoms with Gasteiger partial charge in [-0.3, -0.25) is 9.59 Å². The summed E-state index contributed by atoms with van der Waals surface area (Å²) in [6, 6.07) is 6.70. The number of nitrogens with zero attached hydrogens (tertiary/aromatic N) is 1. The smallest absolute Gasteiger partial charge is 0.307 e. The van der Waals surface area contributed by atoms with Crippen LogP contribution in [-0.2, 0) is 16.1 Å². The Morgan fingerprint density at radius 3 is 2.71 bits per heavy atom. The van der Waals surface area contributed by atoms with Gasteiger partial charge in [-0.15, -0.1) is 0 Å².